The summed E-state index contributed by atoms with van der Waals surface area (Å²) in [5.74, 6) is 0. The number of halogens is 3. The highest BCUT2D eigenvalue weighted by Gasteiger charge is 2.27. The Morgan fingerprint density at radius 1 is 1.27 bits per heavy atom. The summed E-state index contributed by atoms with van der Waals surface area (Å²) in [4.78, 5) is 0. The van der Waals surface area contributed by atoms with E-state index in [2.05, 4.69) is 0 Å². The fourth-order valence-electron chi connectivity index (χ4n) is 1.23. The van der Waals surface area contributed by atoms with Crippen LogP contribution in [0.3, 0.4) is 0 Å². The molecule has 1 heterocycles. The van der Waals surface area contributed by atoms with Gasteiger partial charge in [-0.1, -0.05) is 34.8 Å². The maximum Gasteiger partial charge on any atom is 0.172 e. The smallest absolute Gasteiger partial charge is 0.172 e. The minimum absolute atomic E-state index is 0.288. The minimum Gasteiger partial charge on any atom is -0.382 e. The van der Waals surface area contributed by atoms with Gasteiger partial charge in [0, 0.05) is 12.3 Å². The molecule has 5 heteroatoms. The maximum absolute atomic E-state index is 5.68. The van der Waals surface area contributed by atoms with Crippen molar-refractivity contribution in [3.8, 4) is 0 Å². The van der Waals surface area contributed by atoms with Crippen LogP contribution in [0, 0.1) is 0 Å². The lowest BCUT2D eigenvalue weighted by molar-refractivity contribution is 0.0650. The number of alkyl halides is 3. The van der Waals surface area contributed by atoms with E-state index in [9.17, 15) is 0 Å². The zero-order chi connectivity index (χ0) is 8.32. The largest absolute Gasteiger partial charge is 0.382 e. The van der Waals surface area contributed by atoms with Crippen LogP contribution in [0.25, 0.3) is 0 Å². The molecule has 1 nitrogen and oxygen atoms in total. The fourth-order valence-corrected chi connectivity index (χ4v) is 4.07. The molecule has 0 aromatic rings. The van der Waals surface area contributed by atoms with Gasteiger partial charge < -0.3 is 4.74 Å². The summed E-state index contributed by atoms with van der Waals surface area (Å²) in [6, 6.07) is 0. The molecule has 1 atom stereocenters. The fraction of sp³-hybridized carbons (Fsp3) is 1.00. The molecule has 0 bridgehead atoms. The third-order valence-corrected chi connectivity index (χ3v) is 4.68. The summed E-state index contributed by atoms with van der Waals surface area (Å²) in [5, 5.41) is 0. The zero-order valence-corrected chi connectivity index (χ0v) is 9.84. The molecular weight excluding hydrogens is 223 g/mol. The highest BCUT2D eigenvalue weighted by Crippen LogP contribution is 2.27. The first kappa shape index (κ1) is 10.1. The predicted molar refractivity (Wildman–Crippen MR) is 52.4 cm³/mol. The van der Waals surface area contributed by atoms with Crippen molar-refractivity contribution in [1.82, 2.24) is 0 Å². The van der Waals surface area contributed by atoms with Gasteiger partial charge in [0.1, 0.15) is 9.52 Å². The van der Waals surface area contributed by atoms with E-state index in [1.54, 1.807) is 0 Å². The Morgan fingerprint density at radius 2 is 2.00 bits per heavy atom. The van der Waals surface area contributed by atoms with Crippen molar-refractivity contribution in [3.05, 3.63) is 0 Å². The quantitative estimate of drug-likeness (QED) is 0.497. The van der Waals surface area contributed by atoms with Gasteiger partial charge in [0.05, 0.1) is 0 Å². The van der Waals surface area contributed by atoms with E-state index in [1.807, 2.05) is 0 Å². The van der Waals surface area contributed by atoms with Gasteiger partial charge in [-0.15, -0.1) is 0 Å². The van der Waals surface area contributed by atoms with Crippen LogP contribution in [0.1, 0.15) is 19.3 Å². The minimum atomic E-state index is -1.01. The second kappa shape index (κ2) is 4.33. The lowest BCUT2D eigenvalue weighted by Gasteiger charge is -2.24. The highest BCUT2D eigenvalue weighted by molar-refractivity contribution is 6.87. The lowest BCUT2D eigenvalue weighted by atomic mass is 10.2. The van der Waals surface area contributed by atoms with Gasteiger partial charge in [-0.3, -0.25) is 0 Å². The van der Waals surface area contributed by atoms with Gasteiger partial charge in [-0.2, -0.15) is 0 Å². The van der Waals surface area contributed by atoms with Gasteiger partial charge in [0.25, 0.3) is 0 Å². The van der Waals surface area contributed by atoms with Gasteiger partial charge >= 0.3 is 0 Å². The van der Waals surface area contributed by atoms with Crippen molar-refractivity contribution in [2.45, 2.75) is 28.4 Å². The van der Waals surface area contributed by atoms with Crippen LogP contribution in [0.15, 0.2) is 0 Å². The van der Waals surface area contributed by atoms with Crippen LogP contribution in [0.2, 0.25) is 0 Å². The van der Waals surface area contributed by atoms with E-state index >= 15 is 0 Å². The molecule has 0 radical (unpaired) electrons. The van der Waals surface area contributed by atoms with Crippen molar-refractivity contribution in [2.75, 3.05) is 6.61 Å². The van der Waals surface area contributed by atoms with Crippen LogP contribution in [0.5, 0.6) is 0 Å². The number of ether oxygens (including phenoxy) is 1. The molecule has 0 N–H and O–H groups in total. The van der Waals surface area contributed by atoms with E-state index in [1.165, 1.54) is 6.42 Å². The maximum atomic E-state index is 5.68. The predicted octanol–water partition coefficient (Wildman–Crippen LogP) is 2.01. The van der Waals surface area contributed by atoms with Gasteiger partial charge in [-0.25, -0.2) is 0 Å². The summed E-state index contributed by atoms with van der Waals surface area (Å²) in [5.41, 5.74) is 0.288. The molecule has 1 unspecified atom stereocenters. The molecule has 11 heavy (non-hydrogen) atoms. The third-order valence-electron chi connectivity index (χ3n) is 1.73. The van der Waals surface area contributed by atoms with Crippen molar-refractivity contribution < 1.29 is 4.74 Å². The topological polar surface area (TPSA) is 9.23 Å². The molecule has 0 saturated carbocycles. The standard InChI is InChI=1S/C6H11Cl3OSi/c7-6(8,9)11-5-3-1-2-4-10-5/h5H,1-4,11H2. The summed E-state index contributed by atoms with van der Waals surface area (Å²) >= 11 is 17.0. The monoisotopic (exact) mass is 232 g/mol. The van der Waals surface area contributed by atoms with Crippen LogP contribution >= 0.6 is 34.8 Å². The molecule has 0 amide bonds. The van der Waals surface area contributed by atoms with Crippen molar-refractivity contribution in [3.63, 3.8) is 0 Å². The van der Waals surface area contributed by atoms with E-state index < -0.39 is 12.9 Å². The number of rotatable bonds is 1. The molecular formula is C6H11Cl3OSi. The summed E-state index contributed by atoms with van der Waals surface area (Å²) in [7, 11) is -0.722. The second-order valence-corrected chi connectivity index (χ2v) is 9.05. The molecule has 1 rings (SSSR count). The Kier molecular flexibility index (Phi) is 3.99. The van der Waals surface area contributed by atoms with Crippen molar-refractivity contribution >= 4 is 44.3 Å². The average molecular weight is 234 g/mol. The normalized spacial score (nSPS) is 28.1. The molecule has 0 aromatic carbocycles. The third kappa shape index (κ3) is 4.58. The SMILES string of the molecule is ClC(Cl)(Cl)[SiH2]C1CCCCO1. The van der Waals surface area contributed by atoms with Crippen LogP contribution in [-0.2, 0) is 4.74 Å². The van der Waals surface area contributed by atoms with E-state index in [0.29, 0.717) is 0 Å². The van der Waals surface area contributed by atoms with E-state index in [4.69, 9.17) is 39.5 Å². The Morgan fingerprint density at radius 3 is 2.45 bits per heavy atom. The molecule has 0 aliphatic carbocycles. The van der Waals surface area contributed by atoms with Gasteiger partial charge in [0.2, 0.25) is 0 Å². The Labute approximate surface area is 84.2 Å². The second-order valence-electron chi connectivity index (χ2n) is 2.81. The Bertz CT molecular complexity index is 119. The molecule has 1 aliphatic rings. The van der Waals surface area contributed by atoms with Crippen molar-refractivity contribution in [1.29, 1.82) is 0 Å². The van der Waals surface area contributed by atoms with Crippen LogP contribution < -0.4 is 0 Å². The Hall–Kier alpha value is 1.05. The summed E-state index contributed by atoms with van der Waals surface area (Å²) < 4.78 is 4.45. The summed E-state index contributed by atoms with van der Waals surface area (Å²) in [6.07, 6.45) is 3.46. The zero-order valence-electron chi connectivity index (χ0n) is 6.16. The van der Waals surface area contributed by atoms with Gasteiger partial charge in [0.15, 0.2) is 3.42 Å². The molecule has 1 aliphatic heterocycles. The van der Waals surface area contributed by atoms with E-state index in [0.717, 1.165) is 19.4 Å². The first-order valence-electron chi connectivity index (χ1n) is 3.76. The molecule has 1 fully saturated rings. The average Bonchev–Trinajstić information content (AvgIpc) is 1.85. The Balaban J connectivity index is 2.24. The number of hydrogen-bond acceptors (Lipinski definition) is 1. The van der Waals surface area contributed by atoms with E-state index in [-0.39, 0.29) is 5.73 Å². The van der Waals surface area contributed by atoms with Gasteiger partial charge in [-0.05, 0) is 19.3 Å². The lowest BCUT2D eigenvalue weighted by Crippen LogP contribution is -2.33. The van der Waals surface area contributed by atoms with Crippen molar-refractivity contribution in [2.24, 2.45) is 0 Å². The first-order valence-corrected chi connectivity index (χ1v) is 6.42. The molecule has 66 valence electrons. The highest BCUT2D eigenvalue weighted by atomic mass is 35.6. The first-order chi connectivity index (χ1) is 5.08. The van der Waals surface area contributed by atoms with Crippen LogP contribution in [-0.4, -0.2) is 25.3 Å². The molecule has 0 aromatic heterocycles. The molecule has 0 spiro atoms. The number of hydrogen-bond donors (Lipinski definition) is 0. The summed E-state index contributed by atoms with van der Waals surface area (Å²) in [6.45, 7) is 0.846. The van der Waals surface area contributed by atoms with Crippen LogP contribution in [0.4, 0.5) is 0 Å². The molecule has 1 saturated heterocycles.